The van der Waals surface area contributed by atoms with Crippen molar-refractivity contribution in [2.45, 2.75) is 5.75 Å². The maximum atomic E-state index is 13.1. The van der Waals surface area contributed by atoms with E-state index in [0.29, 0.717) is 9.39 Å². The molecule has 2 aromatic heterocycles. The van der Waals surface area contributed by atoms with Crippen molar-refractivity contribution >= 4 is 46.0 Å². The molecule has 0 amide bonds. The minimum atomic E-state index is -0.315. The molecule has 1 N–H and O–H groups in total. The first-order valence-electron chi connectivity index (χ1n) is 5.21. The molecule has 0 saturated heterocycles. The number of aromatic nitrogens is 2. The summed E-state index contributed by atoms with van der Waals surface area (Å²) in [6.07, 6.45) is 5.01. The fourth-order valence-corrected chi connectivity index (χ4v) is 2.36. The first-order valence-corrected chi connectivity index (χ1v) is 7.68. The van der Waals surface area contributed by atoms with Gasteiger partial charge in [-0.1, -0.05) is 0 Å². The van der Waals surface area contributed by atoms with Crippen LogP contribution in [0.25, 0.3) is 0 Å². The van der Waals surface area contributed by atoms with Crippen LogP contribution in [-0.2, 0) is 5.75 Å². The lowest BCUT2D eigenvalue weighted by atomic mass is 10.3. The van der Waals surface area contributed by atoms with E-state index in [2.05, 4.69) is 21.5 Å². The Morgan fingerprint density at radius 2 is 2.11 bits per heavy atom. The normalized spacial score (nSPS) is 10.4. The van der Waals surface area contributed by atoms with Gasteiger partial charge in [0, 0.05) is 11.9 Å². The summed E-state index contributed by atoms with van der Waals surface area (Å²) in [6, 6.07) is 5.59. The van der Waals surface area contributed by atoms with Crippen molar-refractivity contribution in [1.29, 1.82) is 0 Å². The van der Waals surface area contributed by atoms with Crippen molar-refractivity contribution in [3.63, 3.8) is 0 Å². The van der Waals surface area contributed by atoms with Crippen molar-refractivity contribution in [3.8, 4) is 0 Å². The van der Waals surface area contributed by atoms with E-state index in [4.69, 9.17) is 0 Å². The van der Waals surface area contributed by atoms with Crippen LogP contribution in [0.3, 0.4) is 0 Å². The quantitative estimate of drug-likeness (QED) is 0.825. The third kappa shape index (κ3) is 3.55. The number of hydrogen-bond acceptors (Lipinski definition) is 4. The molecule has 6 heteroatoms. The van der Waals surface area contributed by atoms with Crippen LogP contribution in [0.2, 0.25) is 0 Å². The van der Waals surface area contributed by atoms with Crippen molar-refractivity contribution in [1.82, 2.24) is 9.97 Å². The number of pyridine rings is 2. The van der Waals surface area contributed by atoms with E-state index in [0.717, 1.165) is 11.6 Å². The molecule has 0 unspecified atom stereocenters. The molecule has 0 fully saturated rings. The molecule has 0 atom stereocenters. The third-order valence-corrected chi connectivity index (χ3v) is 3.65. The molecular weight excluding hydrogens is 364 g/mol. The van der Waals surface area contributed by atoms with Gasteiger partial charge in [-0.15, -0.1) is 0 Å². The highest BCUT2D eigenvalue weighted by atomic mass is 127. The van der Waals surface area contributed by atoms with Crippen molar-refractivity contribution in [2.24, 2.45) is 0 Å². The van der Waals surface area contributed by atoms with Crippen LogP contribution in [0.4, 0.5) is 16.0 Å². The van der Waals surface area contributed by atoms with E-state index in [9.17, 15) is 4.39 Å². The molecular formula is C12H11FIN3S. The molecule has 0 aromatic carbocycles. The number of hydrogen-bond donors (Lipinski definition) is 1. The van der Waals surface area contributed by atoms with Crippen LogP contribution in [0.15, 0.2) is 30.6 Å². The van der Waals surface area contributed by atoms with E-state index in [-0.39, 0.29) is 5.82 Å². The second kappa shape index (κ2) is 6.33. The van der Waals surface area contributed by atoms with Gasteiger partial charge in [-0.25, -0.2) is 14.4 Å². The minimum Gasteiger partial charge on any atom is -0.325 e. The summed E-state index contributed by atoms with van der Waals surface area (Å²) in [5, 5.41) is 3.07. The summed E-state index contributed by atoms with van der Waals surface area (Å²) in [5.74, 6) is 1.93. The van der Waals surface area contributed by atoms with Crippen LogP contribution >= 0.6 is 34.4 Å². The van der Waals surface area contributed by atoms with E-state index in [1.54, 1.807) is 24.0 Å². The molecule has 0 spiro atoms. The van der Waals surface area contributed by atoms with Crippen LogP contribution in [-0.4, -0.2) is 16.2 Å². The SMILES string of the molecule is CSCc1ccnc(Nc2cc(I)c(F)cn2)c1. The van der Waals surface area contributed by atoms with Gasteiger partial charge in [-0.05, 0) is 52.6 Å². The second-order valence-corrected chi connectivity index (χ2v) is 5.62. The Hall–Kier alpha value is -0.890. The summed E-state index contributed by atoms with van der Waals surface area (Å²) in [6.45, 7) is 0. The van der Waals surface area contributed by atoms with Gasteiger partial charge in [0.05, 0.1) is 9.77 Å². The predicted octanol–water partition coefficient (Wildman–Crippen LogP) is 3.83. The first kappa shape index (κ1) is 13.5. The Morgan fingerprint density at radius 3 is 2.83 bits per heavy atom. The minimum absolute atomic E-state index is 0.315. The predicted molar refractivity (Wildman–Crippen MR) is 81.7 cm³/mol. The molecule has 0 aliphatic rings. The average Bonchev–Trinajstić information content (AvgIpc) is 2.35. The topological polar surface area (TPSA) is 37.8 Å². The fourth-order valence-electron chi connectivity index (χ4n) is 1.41. The monoisotopic (exact) mass is 375 g/mol. The van der Waals surface area contributed by atoms with Crippen LogP contribution in [0.5, 0.6) is 0 Å². The molecule has 2 heterocycles. The van der Waals surface area contributed by atoms with Crippen LogP contribution < -0.4 is 5.32 Å². The molecule has 0 radical (unpaired) electrons. The lowest BCUT2D eigenvalue weighted by molar-refractivity contribution is 0.614. The summed E-state index contributed by atoms with van der Waals surface area (Å²) < 4.78 is 13.6. The van der Waals surface area contributed by atoms with Gasteiger partial charge < -0.3 is 5.32 Å². The summed E-state index contributed by atoms with van der Waals surface area (Å²) >= 11 is 3.69. The Balaban J connectivity index is 2.17. The van der Waals surface area contributed by atoms with Gasteiger partial charge in [0.1, 0.15) is 11.6 Å². The molecule has 0 bridgehead atoms. The molecule has 18 heavy (non-hydrogen) atoms. The number of anilines is 2. The van der Waals surface area contributed by atoms with Crippen LogP contribution in [0, 0.1) is 9.39 Å². The Kier molecular flexibility index (Phi) is 4.76. The number of halogens is 2. The van der Waals surface area contributed by atoms with E-state index < -0.39 is 0 Å². The van der Waals surface area contributed by atoms with Crippen molar-refractivity contribution in [3.05, 3.63) is 45.5 Å². The summed E-state index contributed by atoms with van der Waals surface area (Å²) in [5.41, 5.74) is 1.19. The molecule has 0 aliphatic carbocycles. The maximum Gasteiger partial charge on any atom is 0.154 e. The van der Waals surface area contributed by atoms with Crippen LogP contribution in [0.1, 0.15) is 5.56 Å². The Labute approximate surface area is 123 Å². The molecule has 2 rings (SSSR count). The number of thioether (sulfide) groups is 1. The number of rotatable bonds is 4. The van der Waals surface area contributed by atoms with E-state index in [1.807, 2.05) is 34.7 Å². The zero-order valence-electron chi connectivity index (χ0n) is 9.65. The van der Waals surface area contributed by atoms with E-state index in [1.165, 1.54) is 11.8 Å². The third-order valence-electron chi connectivity index (χ3n) is 2.20. The Morgan fingerprint density at radius 1 is 1.33 bits per heavy atom. The maximum absolute atomic E-state index is 13.1. The number of nitrogens with zero attached hydrogens (tertiary/aromatic N) is 2. The van der Waals surface area contributed by atoms with Crippen molar-refractivity contribution in [2.75, 3.05) is 11.6 Å². The molecule has 3 nitrogen and oxygen atoms in total. The van der Waals surface area contributed by atoms with Gasteiger partial charge >= 0.3 is 0 Å². The molecule has 0 aliphatic heterocycles. The van der Waals surface area contributed by atoms with E-state index >= 15 is 0 Å². The van der Waals surface area contributed by atoms with Crippen molar-refractivity contribution < 1.29 is 4.39 Å². The fraction of sp³-hybridized carbons (Fsp3) is 0.167. The lowest BCUT2D eigenvalue weighted by Crippen LogP contribution is -1.98. The summed E-state index contributed by atoms with van der Waals surface area (Å²) in [7, 11) is 0. The highest BCUT2D eigenvalue weighted by Crippen LogP contribution is 2.18. The van der Waals surface area contributed by atoms with Gasteiger partial charge in [0.2, 0.25) is 0 Å². The largest absolute Gasteiger partial charge is 0.325 e. The standard InChI is InChI=1S/C12H11FIN3S/c1-18-7-8-2-3-15-11(4-8)17-12-5-10(14)9(13)6-16-12/h2-6H,7H2,1H3,(H,15,16,17). The highest BCUT2D eigenvalue weighted by Gasteiger charge is 2.03. The number of nitrogens with one attached hydrogen (secondary N) is 1. The highest BCUT2D eigenvalue weighted by molar-refractivity contribution is 14.1. The zero-order valence-corrected chi connectivity index (χ0v) is 12.6. The smallest absolute Gasteiger partial charge is 0.154 e. The van der Waals surface area contributed by atoms with Gasteiger partial charge in [0.25, 0.3) is 0 Å². The van der Waals surface area contributed by atoms with Gasteiger partial charge in [0.15, 0.2) is 5.82 Å². The lowest BCUT2D eigenvalue weighted by Gasteiger charge is -2.06. The summed E-state index contributed by atoms with van der Waals surface area (Å²) in [4.78, 5) is 8.19. The first-order chi connectivity index (χ1) is 8.69. The second-order valence-electron chi connectivity index (χ2n) is 3.59. The molecule has 94 valence electrons. The Bertz CT molecular complexity index is 551. The molecule has 0 saturated carbocycles. The average molecular weight is 375 g/mol. The zero-order chi connectivity index (χ0) is 13.0. The molecule has 2 aromatic rings. The van der Waals surface area contributed by atoms with Gasteiger partial charge in [-0.2, -0.15) is 11.8 Å². The van der Waals surface area contributed by atoms with Gasteiger partial charge in [-0.3, -0.25) is 0 Å².